The average Bonchev–Trinajstić information content (AvgIpc) is 3.10. The summed E-state index contributed by atoms with van der Waals surface area (Å²) in [6, 6.07) is 3.03. The van der Waals surface area contributed by atoms with E-state index in [1.807, 2.05) is 0 Å². The molecule has 0 saturated carbocycles. The lowest BCUT2D eigenvalue weighted by atomic mass is 9.77. The summed E-state index contributed by atoms with van der Waals surface area (Å²) in [6.45, 7) is 4.00. The van der Waals surface area contributed by atoms with E-state index in [-0.39, 0.29) is 12.0 Å². The highest BCUT2D eigenvalue weighted by Gasteiger charge is 2.73. The number of alkyl halides is 7. The van der Waals surface area contributed by atoms with Gasteiger partial charge >= 0.3 is 18.0 Å². The number of hydrogen-bond donors (Lipinski definition) is 0. The number of fused-ring (bicyclic) bond motifs is 3. The molecule has 31 heavy (non-hydrogen) atoms. The predicted octanol–water partition coefficient (Wildman–Crippen LogP) is 5.42. The van der Waals surface area contributed by atoms with Crippen LogP contribution in [0.2, 0.25) is 0 Å². The Hall–Kier alpha value is -1.35. The maximum absolute atomic E-state index is 14.5. The summed E-state index contributed by atoms with van der Waals surface area (Å²) in [4.78, 5) is 4.76. The highest BCUT2D eigenvalue weighted by atomic mass is 19.4. The average molecular weight is 452 g/mol. The first-order valence-electron chi connectivity index (χ1n) is 10.8. The minimum atomic E-state index is -6.07. The van der Waals surface area contributed by atoms with E-state index in [9.17, 15) is 30.7 Å². The Morgan fingerprint density at radius 1 is 0.871 bits per heavy atom. The van der Waals surface area contributed by atoms with Gasteiger partial charge < -0.3 is 4.90 Å². The molecule has 0 amide bonds. The van der Waals surface area contributed by atoms with E-state index in [1.165, 1.54) is 6.07 Å². The van der Waals surface area contributed by atoms with E-state index in [0.29, 0.717) is 30.4 Å². The van der Waals surface area contributed by atoms with Crippen molar-refractivity contribution in [2.75, 3.05) is 33.2 Å². The highest BCUT2D eigenvalue weighted by molar-refractivity contribution is 5.41. The number of aryl methyl sites for hydroxylation is 1. The van der Waals surface area contributed by atoms with Gasteiger partial charge in [0.25, 0.3) is 0 Å². The van der Waals surface area contributed by atoms with Crippen LogP contribution < -0.4 is 0 Å². The predicted molar refractivity (Wildman–Crippen MR) is 103 cm³/mol. The second-order valence-corrected chi connectivity index (χ2v) is 9.31. The smallest absolute Gasteiger partial charge is 0.306 e. The van der Waals surface area contributed by atoms with Crippen molar-refractivity contribution in [3.05, 3.63) is 34.9 Å². The molecule has 9 heteroatoms. The first-order valence-corrected chi connectivity index (χ1v) is 10.8. The molecule has 1 unspecified atom stereocenters. The van der Waals surface area contributed by atoms with Gasteiger partial charge in [-0.15, -0.1) is 0 Å². The molecule has 0 radical (unpaired) electrons. The van der Waals surface area contributed by atoms with E-state index in [0.717, 1.165) is 57.1 Å². The van der Waals surface area contributed by atoms with Crippen molar-refractivity contribution in [2.24, 2.45) is 5.92 Å². The van der Waals surface area contributed by atoms with Gasteiger partial charge in [0.05, 0.1) is 0 Å². The Kier molecular flexibility index (Phi) is 5.82. The molecule has 2 atom stereocenters. The summed E-state index contributed by atoms with van der Waals surface area (Å²) in [6.07, 6.45) is -8.02. The van der Waals surface area contributed by atoms with Crippen LogP contribution in [0.1, 0.15) is 48.3 Å². The van der Waals surface area contributed by atoms with Gasteiger partial charge in [0.1, 0.15) is 0 Å². The van der Waals surface area contributed by atoms with E-state index in [4.69, 9.17) is 0 Å². The molecule has 0 aromatic heterocycles. The summed E-state index contributed by atoms with van der Waals surface area (Å²) < 4.78 is 93.2. The molecule has 0 N–H and O–H groups in total. The number of likely N-dealkylation sites (tertiary alicyclic amines) is 2. The lowest BCUT2D eigenvalue weighted by Crippen LogP contribution is -2.50. The number of hydrogen-bond acceptors (Lipinski definition) is 2. The molecule has 0 bridgehead atoms. The first kappa shape index (κ1) is 22.8. The molecule has 4 rings (SSSR count). The SMILES string of the molecule is CN1CCC(CN2CC[C@H]3c4ccc(C(F)(C(F)(F)F)C(F)(F)F)cc4CCC32)CC1. The van der Waals surface area contributed by atoms with Crippen LogP contribution in [-0.4, -0.2) is 61.4 Å². The van der Waals surface area contributed by atoms with Gasteiger partial charge in [0.15, 0.2) is 0 Å². The van der Waals surface area contributed by atoms with E-state index < -0.39 is 23.6 Å². The summed E-state index contributed by atoms with van der Waals surface area (Å²) in [7, 11) is 2.11. The zero-order valence-corrected chi connectivity index (χ0v) is 17.4. The van der Waals surface area contributed by atoms with E-state index >= 15 is 0 Å². The Morgan fingerprint density at radius 3 is 2.13 bits per heavy atom. The van der Waals surface area contributed by atoms with Crippen LogP contribution in [0.4, 0.5) is 30.7 Å². The summed E-state index contributed by atoms with van der Waals surface area (Å²) >= 11 is 0. The zero-order valence-electron chi connectivity index (χ0n) is 17.4. The maximum Gasteiger partial charge on any atom is 0.435 e. The topological polar surface area (TPSA) is 6.48 Å². The lowest BCUT2D eigenvalue weighted by molar-refractivity contribution is -0.348. The fraction of sp³-hybridized carbons (Fsp3) is 0.727. The third kappa shape index (κ3) is 3.96. The fourth-order valence-corrected chi connectivity index (χ4v) is 5.66. The van der Waals surface area contributed by atoms with Crippen LogP contribution in [0, 0.1) is 5.92 Å². The molecule has 2 fully saturated rings. The summed E-state index contributed by atoms with van der Waals surface area (Å²) in [5.41, 5.74) is -5.54. The van der Waals surface area contributed by atoms with Crippen molar-refractivity contribution < 1.29 is 30.7 Å². The number of rotatable bonds is 3. The van der Waals surface area contributed by atoms with Crippen molar-refractivity contribution in [1.82, 2.24) is 9.80 Å². The van der Waals surface area contributed by atoms with E-state index in [2.05, 4.69) is 16.8 Å². The number of benzene rings is 1. The van der Waals surface area contributed by atoms with Crippen molar-refractivity contribution in [2.45, 2.75) is 62.1 Å². The Morgan fingerprint density at radius 2 is 1.52 bits per heavy atom. The molecular weight excluding hydrogens is 425 g/mol. The van der Waals surface area contributed by atoms with Crippen LogP contribution in [0.15, 0.2) is 18.2 Å². The molecule has 1 aliphatic carbocycles. The summed E-state index contributed by atoms with van der Waals surface area (Å²) in [5, 5.41) is 0. The molecule has 2 aliphatic heterocycles. The highest BCUT2D eigenvalue weighted by Crippen LogP contribution is 2.54. The molecule has 1 aromatic rings. The molecule has 2 saturated heterocycles. The molecule has 0 spiro atoms. The van der Waals surface area contributed by atoms with Gasteiger partial charge in [-0.25, -0.2) is 4.39 Å². The quantitative estimate of drug-likeness (QED) is 0.565. The van der Waals surface area contributed by atoms with Gasteiger partial charge in [-0.3, -0.25) is 4.90 Å². The number of piperidine rings is 1. The zero-order chi connectivity index (χ0) is 22.6. The van der Waals surface area contributed by atoms with Crippen LogP contribution >= 0.6 is 0 Å². The monoisotopic (exact) mass is 452 g/mol. The molecule has 1 aromatic carbocycles. The normalized spacial score (nSPS) is 26.7. The van der Waals surface area contributed by atoms with Gasteiger partial charge in [0.2, 0.25) is 0 Å². The maximum atomic E-state index is 14.5. The van der Waals surface area contributed by atoms with Gasteiger partial charge in [-0.1, -0.05) is 18.2 Å². The minimum Gasteiger partial charge on any atom is -0.306 e. The van der Waals surface area contributed by atoms with Gasteiger partial charge in [0, 0.05) is 24.1 Å². The van der Waals surface area contributed by atoms with Crippen LogP contribution in [0.5, 0.6) is 0 Å². The fourth-order valence-electron chi connectivity index (χ4n) is 5.66. The second-order valence-electron chi connectivity index (χ2n) is 9.31. The van der Waals surface area contributed by atoms with Crippen molar-refractivity contribution in [3.63, 3.8) is 0 Å². The molecular formula is C22H27F7N2. The minimum absolute atomic E-state index is 0.0786. The van der Waals surface area contributed by atoms with Gasteiger partial charge in [-0.05, 0) is 75.8 Å². The van der Waals surface area contributed by atoms with Gasteiger partial charge in [-0.2, -0.15) is 26.3 Å². The molecule has 174 valence electrons. The summed E-state index contributed by atoms with van der Waals surface area (Å²) in [5.74, 6) is 0.694. The first-order chi connectivity index (χ1) is 14.4. The Bertz CT molecular complexity index is 782. The van der Waals surface area contributed by atoms with Crippen molar-refractivity contribution in [1.29, 1.82) is 0 Å². The van der Waals surface area contributed by atoms with Crippen LogP contribution in [-0.2, 0) is 12.1 Å². The number of nitrogens with zero attached hydrogens (tertiary/aromatic N) is 2. The molecule has 3 aliphatic rings. The standard InChI is InChI=1S/C22H27F7N2/c1-30-9-6-14(7-10-30)13-31-11-8-18-17-4-3-16(12-15(17)2-5-19(18)31)20(23,21(24,25)26)22(27,28)29/h3-4,12,14,18-19H,2,5-11,13H2,1H3/t18-,19?/m0/s1. The van der Waals surface area contributed by atoms with Crippen LogP contribution in [0.25, 0.3) is 0 Å². The number of halogens is 7. The molecule has 2 heterocycles. The van der Waals surface area contributed by atoms with Crippen molar-refractivity contribution in [3.8, 4) is 0 Å². The Balaban J connectivity index is 1.54. The largest absolute Gasteiger partial charge is 0.435 e. The third-order valence-electron chi connectivity index (χ3n) is 7.42. The molecule has 2 nitrogen and oxygen atoms in total. The lowest BCUT2D eigenvalue weighted by Gasteiger charge is -2.38. The van der Waals surface area contributed by atoms with Crippen LogP contribution in [0.3, 0.4) is 0 Å². The third-order valence-corrected chi connectivity index (χ3v) is 7.42. The van der Waals surface area contributed by atoms with Crippen molar-refractivity contribution >= 4 is 0 Å². The second kappa shape index (κ2) is 7.90. The van der Waals surface area contributed by atoms with E-state index in [1.54, 1.807) is 0 Å². The Labute approximate surface area is 177 Å².